The van der Waals surface area contributed by atoms with Crippen molar-refractivity contribution in [1.82, 2.24) is 10.6 Å². The molecule has 0 unspecified atom stereocenters. The number of aliphatic imine (C=N–C) groups is 1. The Bertz CT molecular complexity index is 481. The Balaban J connectivity index is 0.00000441. The van der Waals surface area contributed by atoms with Crippen LogP contribution >= 0.6 is 24.0 Å². The molecule has 7 heteroatoms. The van der Waals surface area contributed by atoms with Crippen LogP contribution in [0, 0.1) is 0 Å². The number of rotatable bonds is 7. The van der Waals surface area contributed by atoms with Gasteiger partial charge in [-0.15, -0.1) is 24.0 Å². The molecule has 1 aromatic carbocycles. The van der Waals surface area contributed by atoms with Gasteiger partial charge in [-0.05, 0) is 18.6 Å². The second-order valence-corrected chi connectivity index (χ2v) is 4.35. The Morgan fingerprint density at radius 1 is 1.05 bits per heavy atom. The zero-order valence-electron chi connectivity index (χ0n) is 13.9. The van der Waals surface area contributed by atoms with Crippen molar-refractivity contribution in [1.29, 1.82) is 0 Å². The number of benzene rings is 1. The Labute approximate surface area is 149 Å². The third kappa shape index (κ3) is 5.43. The summed E-state index contributed by atoms with van der Waals surface area (Å²) in [5.74, 6) is 2.66. The first-order valence-electron chi connectivity index (χ1n) is 6.94. The zero-order chi connectivity index (χ0) is 15.7. The van der Waals surface area contributed by atoms with E-state index in [4.69, 9.17) is 14.2 Å². The van der Waals surface area contributed by atoms with Crippen LogP contribution in [0.2, 0.25) is 0 Å². The lowest BCUT2D eigenvalue weighted by molar-refractivity contribution is 0.322. The van der Waals surface area contributed by atoms with Crippen LogP contribution in [0.15, 0.2) is 17.1 Å². The average molecular weight is 423 g/mol. The molecule has 6 nitrogen and oxygen atoms in total. The van der Waals surface area contributed by atoms with Gasteiger partial charge in [-0.2, -0.15) is 0 Å². The fourth-order valence-electron chi connectivity index (χ4n) is 1.95. The largest absolute Gasteiger partial charge is 0.493 e. The molecule has 0 bridgehead atoms. The minimum Gasteiger partial charge on any atom is -0.493 e. The second kappa shape index (κ2) is 11.2. The summed E-state index contributed by atoms with van der Waals surface area (Å²) in [6.07, 6.45) is 1.04. The molecule has 1 rings (SSSR count). The summed E-state index contributed by atoms with van der Waals surface area (Å²) in [5, 5.41) is 6.47. The van der Waals surface area contributed by atoms with Crippen LogP contribution in [0.1, 0.15) is 18.9 Å². The lowest BCUT2D eigenvalue weighted by atomic mass is 10.1. The number of methoxy groups -OCH3 is 3. The van der Waals surface area contributed by atoms with E-state index in [1.165, 1.54) is 0 Å². The number of ether oxygens (including phenoxy) is 3. The Kier molecular flexibility index (Phi) is 10.5. The van der Waals surface area contributed by atoms with E-state index in [0.717, 1.165) is 24.5 Å². The normalized spacial score (nSPS) is 10.5. The topological polar surface area (TPSA) is 64.1 Å². The molecule has 0 aliphatic carbocycles. The minimum absolute atomic E-state index is 0. The van der Waals surface area contributed by atoms with Crippen molar-refractivity contribution in [2.45, 2.75) is 19.9 Å². The van der Waals surface area contributed by atoms with E-state index < -0.39 is 0 Å². The van der Waals surface area contributed by atoms with E-state index in [-0.39, 0.29) is 24.0 Å². The first kappa shape index (κ1) is 20.6. The van der Waals surface area contributed by atoms with Gasteiger partial charge >= 0.3 is 0 Å². The third-order valence-electron chi connectivity index (χ3n) is 3.00. The molecular formula is C15H26IN3O3. The van der Waals surface area contributed by atoms with Crippen molar-refractivity contribution < 1.29 is 14.2 Å². The predicted molar refractivity (Wildman–Crippen MR) is 100 cm³/mol. The molecule has 0 heterocycles. The minimum atomic E-state index is 0. The van der Waals surface area contributed by atoms with Gasteiger partial charge in [0, 0.05) is 25.7 Å². The molecule has 1 aromatic rings. The summed E-state index contributed by atoms with van der Waals surface area (Å²) in [6.45, 7) is 3.56. The van der Waals surface area contributed by atoms with Crippen LogP contribution in [-0.4, -0.2) is 40.9 Å². The monoisotopic (exact) mass is 423 g/mol. The van der Waals surface area contributed by atoms with E-state index in [9.17, 15) is 0 Å². The first-order chi connectivity index (χ1) is 10.2. The summed E-state index contributed by atoms with van der Waals surface area (Å²) in [5.41, 5.74) is 0.967. The fraction of sp³-hybridized carbons (Fsp3) is 0.533. The maximum absolute atomic E-state index is 5.45. The first-order valence-corrected chi connectivity index (χ1v) is 6.94. The highest BCUT2D eigenvalue weighted by Crippen LogP contribution is 2.39. The van der Waals surface area contributed by atoms with Crippen molar-refractivity contribution in [2.75, 3.05) is 34.9 Å². The van der Waals surface area contributed by atoms with Gasteiger partial charge < -0.3 is 24.8 Å². The molecule has 0 fully saturated rings. The Morgan fingerprint density at radius 2 is 1.73 bits per heavy atom. The Morgan fingerprint density at radius 3 is 2.23 bits per heavy atom. The van der Waals surface area contributed by atoms with Crippen LogP contribution in [-0.2, 0) is 6.54 Å². The molecule has 0 atom stereocenters. The van der Waals surface area contributed by atoms with Gasteiger partial charge in [-0.1, -0.05) is 6.92 Å². The van der Waals surface area contributed by atoms with E-state index in [1.54, 1.807) is 28.4 Å². The lowest BCUT2D eigenvalue weighted by Gasteiger charge is -2.17. The highest BCUT2D eigenvalue weighted by atomic mass is 127. The quantitative estimate of drug-likeness (QED) is 0.401. The Hall–Kier alpha value is -1.38. The highest BCUT2D eigenvalue weighted by Gasteiger charge is 2.15. The van der Waals surface area contributed by atoms with E-state index >= 15 is 0 Å². The molecule has 22 heavy (non-hydrogen) atoms. The van der Waals surface area contributed by atoms with Crippen LogP contribution < -0.4 is 24.8 Å². The molecule has 0 spiro atoms. The number of guanidine groups is 1. The molecule has 2 N–H and O–H groups in total. The molecule has 0 aromatic heterocycles. The molecular weight excluding hydrogens is 397 g/mol. The van der Waals surface area contributed by atoms with Crippen molar-refractivity contribution in [3.8, 4) is 17.2 Å². The summed E-state index contributed by atoms with van der Waals surface area (Å²) in [7, 11) is 6.56. The molecule has 126 valence electrons. The SMILES string of the molecule is CCCNC(=NC)NCc1ccc(OC)c(OC)c1OC.I. The second-order valence-electron chi connectivity index (χ2n) is 4.35. The summed E-state index contributed by atoms with van der Waals surface area (Å²) in [4.78, 5) is 4.17. The molecule has 0 aliphatic heterocycles. The highest BCUT2D eigenvalue weighted by molar-refractivity contribution is 14.0. The van der Waals surface area contributed by atoms with Gasteiger partial charge in [-0.25, -0.2) is 0 Å². The number of hydrogen-bond acceptors (Lipinski definition) is 4. The van der Waals surface area contributed by atoms with Gasteiger partial charge in [0.15, 0.2) is 17.5 Å². The molecule has 0 aliphatic rings. The molecule has 0 saturated heterocycles. The fourth-order valence-corrected chi connectivity index (χ4v) is 1.95. The van der Waals surface area contributed by atoms with E-state index in [1.807, 2.05) is 12.1 Å². The summed E-state index contributed by atoms with van der Waals surface area (Å²) < 4.78 is 16.1. The maximum Gasteiger partial charge on any atom is 0.203 e. The van der Waals surface area contributed by atoms with Crippen molar-refractivity contribution in [3.63, 3.8) is 0 Å². The molecule has 0 saturated carbocycles. The summed E-state index contributed by atoms with van der Waals surface area (Å²) in [6, 6.07) is 3.81. The molecule has 0 amide bonds. The van der Waals surface area contributed by atoms with Gasteiger partial charge in [0.05, 0.1) is 21.3 Å². The predicted octanol–water partition coefficient (Wildman–Crippen LogP) is 2.41. The number of halogens is 1. The molecule has 0 radical (unpaired) electrons. The smallest absolute Gasteiger partial charge is 0.203 e. The van der Waals surface area contributed by atoms with Crippen LogP contribution in [0.4, 0.5) is 0 Å². The maximum atomic E-state index is 5.45. The standard InChI is InChI=1S/C15H25N3O3.HI/c1-6-9-17-15(16-2)18-10-11-7-8-12(19-3)14(21-5)13(11)20-4;/h7-8H,6,9-10H2,1-5H3,(H2,16,17,18);1H. The van der Waals surface area contributed by atoms with Crippen molar-refractivity contribution in [3.05, 3.63) is 17.7 Å². The van der Waals surface area contributed by atoms with Crippen molar-refractivity contribution in [2.24, 2.45) is 4.99 Å². The number of nitrogens with one attached hydrogen (secondary N) is 2. The van der Waals surface area contributed by atoms with E-state index in [0.29, 0.717) is 23.8 Å². The van der Waals surface area contributed by atoms with Crippen LogP contribution in [0.25, 0.3) is 0 Å². The zero-order valence-corrected chi connectivity index (χ0v) is 16.2. The van der Waals surface area contributed by atoms with Gasteiger partial charge in [0.2, 0.25) is 5.75 Å². The van der Waals surface area contributed by atoms with Gasteiger partial charge in [0.25, 0.3) is 0 Å². The number of nitrogens with zero attached hydrogens (tertiary/aromatic N) is 1. The number of hydrogen-bond donors (Lipinski definition) is 2. The summed E-state index contributed by atoms with van der Waals surface area (Å²) >= 11 is 0. The third-order valence-corrected chi connectivity index (χ3v) is 3.00. The van der Waals surface area contributed by atoms with Gasteiger partial charge in [-0.3, -0.25) is 4.99 Å². The van der Waals surface area contributed by atoms with Crippen LogP contribution in [0.5, 0.6) is 17.2 Å². The average Bonchev–Trinajstić information content (AvgIpc) is 2.53. The lowest BCUT2D eigenvalue weighted by Crippen LogP contribution is -2.37. The van der Waals surface area contributed by atoms with E-state index in [2.05, 4.69) is 22.5 Å². The van der Waals surface area contributed by atoms with Crippen LogP contribution in [0.3, 0.4) is 0 Å². The van der Waals surface area contributed by atoms with Gasteiger partial charge in [0.1, 0.15) is 0 Å². The van der Waals surface area contributed by atoms with Crippen molar-refractivity contribution >= 4 is 29.9 Å².